The number of nitrogens with one attached hydrogen (secondary N) is 1. The monoisotopic (exact) mass is 472 g/mol. The maximum Gasteiger partial charge on any atom is 0.106 e. The van der Waals surface area contributed by atoms with E-state index in [1.165, 1.54) is 0 Å². The molecule has 2 atom stereocenters. The molecule has 4 rings (SSSR count). The van der Waals surface area contributed by atoms with Crippen molar-refractivity contribution in [2.75, 3.05) is 5.75 Å². The van der Waals surface area contributed by atoms with Gasteiger partial charge in [-0.1, -0.05) is 52.5 Å². The van der Waals surface area contributed by atoms with E-state index in [0.717, 1.165) is 34.0 Å². The molecular weight excluding hydrogens is 458 g/mol. The van der Waals surface area contributed by atoms with E-state index in [0.29, 0.717) is 26.7 Å². The van der Waals surface area contributed by atoms with E-state index in [9.17, 15) is 0 Å². The zero-order chi connectivity index (χ0) is 19.7. The van der Waals surface area contributed by atoms with Gasteiger partial charge in [0.05, 0.1) is 22.8 Å². The summed E-state index contributed by atoms with van der Waals surface area (Å²) in [6.45, 7) is 0.375. The van der Waals surface area contributed by atoms with Crippen LogP contribution >= 0.6 is 58.2 Å². The molecule has 28 heavy (non-hydrogen) atoms. The Morgan fingerprint density at radius 3 is 2.64 bits per heavy atom. The second-order valence-corrected chi connectivity index (χ2v) is 9.30. The van der Waals surface area contributed by atoms with Crippen LogP contribution in [0.4, 0.5) is 0 Å². The summed E-state index contributed by atoms with van der Waals surface area (Å²) in [5.74, 6) is 2.06. The Bertz CT molecular complexity index is 981. The number of fused-ring (bicyclic) bond motifs is 1. The van der Waals surface area contributed by atoms with E-state index in [-0.39, 0.29) is 12.0 Å². The van der Waals surface area contributed by atoms with E-state index < -0.39 is 0 Å². The van der Waals surface area contributed by atoms with Crippen molar-refractivity contribution in [2.45, 2.75) is 24.0 Å². The third-order valence-electron chi connectivity index (χ3n) is 4.68. The number of rotatable bonds is 5. The Kier molecular flexibility index (Phi) is 6.46. The molecule has 1 aliphatic rings. The van der Waals surface area contributed by atoms with Gasteiger partial charge in [-0.2, -0.15) is 0 Å². The largest absolute Gasteiger partial charge is 0.368 e. The van der Waals surface area contributed by atoms with E-state index in [1.807, 2.05) is 30.5 Å². The maximum atomic E-state index is 6.39. The molecule has 1 aliphatic heterocycles. The molecule has 0 aliphatic carbocycles. The highest BCUT2D eigenvalue weighted by molar-refractivity contribution is 7.99. The van der Waals surface area contributed by atoms with Crippen molar-refractivity contribution in [3.05, 3.63) is 79.8 Å². The molecular formula is C20H16Cl4N2OS. The van der Waals surface area contributed by atoms with Gasteiger partial charge in [-0.25, -0.2) is 4.98 Å². The molecule has 0 spiro atoms. The standard InChI is InChI=1S/C20H16Cl4N2OS/c21-13-2-1-11(15(22)6-13)9-27-20-12(5-19-25-3-4-26-19)10-28-18-8-17(24)16(23)7-14(18)20/h1-4,6-8,12,20H,5,9-10H2,(H,25,26)/t12-,20-/m0/s1. The Balaban J connectivity index is 1.63. The highest BCUT2D eigenvalue weighted by Crippen LogP contribution is 2.46. The van der Waals surface area contributed by atoms with Crippen molar-refractivity contribution >= 4 is 58.2 Å². The third-order valence-corrected chi connectivity index (χ3v) is 7.25. The van der Waals surface area contributed by atoms with Gasteiger partial charge in [0.1, 0.15) is 5.82 Å². The zero-order valence-corrected chi connectivity index (χ0v) is 18.4. The van der Waals surface area contributed by atoms with Crippen LogP contribution in [0.3, 0.4) is 0 Å². The van der Waals surface area contributed by atoms with Crippen LogP contribution in [-0.2, 0) is 17.8 Å². The number of hydrogen-bond donors (Lipinski definition) is 1. The molecule has 2 heterocycles. The van der Waals surface area contributed by atoms with Gasteiger partial charge in [-0.3, -0.25) is 0 Å². The summed E-state index contributed by atoms with van der Waals surface area (Å²) < 4.78 is 6.39. The van der Waals surface area contributed by atoms with E-state index in [1.54, 1.807) is 24.0 Å². The lowest BCUT2D eigenvalue weighted by Crippen LogP contribution is -2.25. The highest BCUT2D eigenvalue weighted by atomic mass is 35.5. The normalized spacial score (nSPS) is 18.9. The van der Waals surface area contributed by atoms with Crippen molar-refractivity contribution in [2.24, 2.45) is 5.92 Å². The van der Waals surface area contributed by atoms with Crippen molar-refractivity contribution in [1.82, 2.24) is 9.97 Å². The first-order valence-electron chi connectivity index (χ1n) is 8.67. The fourth-order valence-electron chi connectivity index (χ4n) is 3.30. The number of ether oxygens (including phenoxy) is 1. The van der Waals surface area contributed by atoms with Crippen LogP contribution < -0.4 is 0 Å². The minimum atomic E-state index is -0.150. The Hall–Kier alpha value is -0.880. The summed E-state index contributed by atoms with van der Waals surface area (Å²) in [6.07, 6.45) is 4.22. The Labute approximate surface area is 187 Å². The van der Waals surface area contributed by atoms with Crippen LogP contribution in [-0.4, -0.2) is 15.7 Å². The minimum absolute atomic E-state index is 0.150. The summed E-state index contributed by atoms with van der Waals surface area (Å²) in [4.78, 5) is 8.65. The molecule has 0 radical (unpaired) electrons. The molecule has 0 unspecified atom stereocenters. The molecule has 0 saturated heterocycles. The quantitative estimate of drug-likeness (QED) is 0.424. The van der Waals surface area contributed by atoms with Gasteiger partial charge in [0, 0.05) is 45.4 Å². The van der Waals surface area contributed by atoms with Crippen molar-refractivity contribution in [3.63, 3.8) is 0 Å². The maximum absolute atomic E-state index is 6.39. The minimum Gasteiger partial charge on any atom is -0.368 e. The van der Waals surface area contributed by atoms with Crippen LogP contribution in [0.5, 0.6) is 0 Å². The van der Waals surface area contributed by atoms with E-state index in [4.69, 9.17) is 51.1 Å². The van der Waals surface area contributed by atoms with Crippen molar-refractivity contribution < 1.29 is 4.74 Å². The molecule has 146 valence electrons. The van der Waals surface area contributed by atoms with E-state index in [2.05, 4.69) is 9.97 Å². The molecule has 3 aromatic rings. The number of H-pyrrole nitrogens is 1. The second-order valence-electron chi connectivity index (χ2n) is 6.58. The zero-order valence-electron chi connectivity index (χ0n) is 14.6. The smallest absolute Gasteiger partial charge is 0.106 e. The number of nitrogens with zero attached hydrogens (tertiary/aromatic N) is 1. The van der Waals surface area contributed by atoms with Gasteiger partial charge in [-0.15, -0.1) is 11.8 Å². The lowest BCUT2D eigenvalue weighted by molar-refractivity contribution is 0.00179. The van der Waals surface area contributed by atoms with Crippen molar-refractivity contribution in [1.29, 1.82) is 0 Å². The summed E-state index contributed by atoms with van der Waals surface area (Å²) >= 11 is 26.6. The second kappa shape index (κ2) is 8.86. The summed E-state index contributed by atoms with van der Waals surface area (Å²) in [6, 6.07) is 9.25. The summed E-state index contributed by atoms with van der Waals surface area (Å²) in [7, 11) is 0. The number of aromatic nitrogens is 2. The summed E-state index contributed by atoms with van der Waals surface area (Å²) in [5, 5.41) is 2.27. The van der Waals surface area contributed by atoms with Crippen LogP contribution in [0, 0.1) is 5.92 Å². The van der Waals surface area contributed by atoms with Gasteiger partial charge in [0.25, 0.3) is 0 Å². The average molecular weight is 474 g/mol. The van der Waals surface area contributed by atoms with Crippen LogP contribution in [0.2, 0.25) is 20.1 Å². The molecule has 2 aromatic carbocycles. The molecule has 0 saturated carbocycles. The number of halogens is 4. The van der Waals surface area contributed by atoms with Crippen LogP contribution in [0.15, 0.2) is 47.6 Å². The number of hydrogen-bond acceptors (Lipinski definition) is 3. The third kappa shape index (κ3) is 4.48. The number of aromatic amines is 1. The molecule has 1 N–H and O–H groups in total. The lowest BCUT2D eigenvalue weighted by Gasteiger charge is -2.33. The molecule has 0 amide bonds. The predicted octanol–water partition coefficient (Wildman–Crippen LogP) is 7.25. The molecule has 3 nitrogen and oxygen atoms in total. The Morgan fingerprint density at radius 2 is 1.89 bits per heavy atom. The van der Waals surface area contributed by atoms with Crippen LogP contribution in [0.25, 0.3) is 0 Å². The number of thioether (sulfide) groups is 1. The van der Waals surface area contributed by atoms with Gasteiger partial charge in [-0.05, 0) is 35.4 Å². The predicted molar refractivity (Wildman–Crippen MR) is 117 cm³/mol. The first-order valence-corrected chi connectivity index (χ1v) is 11.2. The number of benzene rings is 2. The van der Waals surface area contributed by atoms with Gasteiger partial charge in [0.15, 0.2) is 0 Å². The van der Waals surface area contributed by atoms with Crippen molar-refractivity contribution in [3.8, 4) is 0 Å². The van der Waals surface area contributed by atoms with E-state index >= 15 is 0 Å². The first kappa shape index (κ1) is 20.4. The Morgan fingerprint density at radius 1 is 1.07 bits per heavy atom. The lowest BCUT2D eigenvalue weighted by atomic mass is 9.93. The van der Waals surface area contributed by atoms with Gasteiger partial charge in [0.2, 0.25) is 0 Å². The molecule has 0 bridgehead atoms. The fraction of sp³-hybridized carbons (Fsp3) is 0.250. The average Bonchev–Trinajstić information content (AvgIpc) is 3.16. The highest BCUT2D eigenvalue weighted by Gasteiger charge is 2.32. The first-order chi connectivity index (χ1) is 13.5. The molecule has 0 fully saturated rings. The van der Waals surface area contributed by atoms with Crippen LogP contribution in [0.1, 0.15) is 23.1 Å². The molecule has 8 heteroatoms. The van der Waals surface area contributed by atoms with Gasteiger partial charge >= 0.3 is 0 Å². The summed E-state index contributed by atoms with van der Waals surface area (Å²) in [5.41, 5.74) is 1.94. The topological polar surface area (TPSA) is 37.9 Å². The molecule has 1 aromatic heterocycles. The SMILES string of the molecule is Clc1ccc(CO[C@@H]2c3cc(Cl)c(Cl)cc3SC[C@@H]2Cc2ncc[nH]2)c(Cl)c1. The van der Waals surface area contributed by atoms with Gasteiger partial charge < -0.3 is 9.72 Å². The number of imidazole rings is 1. The fourth-order valence-corrected chi connectivity index (χ4v) is 5.39.